The number of hydrogen-bond donors (Lipinski definition) is 1. The van der Waals surface area contributed by atoms with Crippen molar-refractivity contribution in [3.8, 4) is 0 Å². The number of amides is 1. The molecule has 2 unspecified atom stereocenters. The summed E-state index contributed by atoms with van der Waals surface area (Å²) in [6.45, 7) is 2.47. The van der Waals surface area contributed by atoms with Crippen LogP contribution in [0.25, 0.3) is 0 Å². The SMILES string of the molecule is CSc1ccc(C(=O)N2CCC(C)CC2C(=O)O)o1. The maximum Gasteiger partial charge on any atom is 0.326 e. The molecule has 1 amide bonds. The highest BCUT2D eigenvalue weighted by Gasteiger charge is 2.36. The van der Waals surface area contributed by atoms with Crippen LogP contribution in [0.1, 0.15) is 30.3 Å². The summed E-state index contributed by atoms with van der Waals surface area (Å²) in [7, 11) is 0. The normalized spacial score (nSPS) is 23.4. The molecule has 0 aromatic carbocycles. The van der Waals surface area contributed by atoms with Crippen LogP contribution in [0.4, 0.5) is 0 Å². The molecule has 1 aromatic heterocycles. The fourth-order valence-electron chi connectivity index (χ4n) is 2.31. The van der Waals surface area contributed by atoms with Gasteiger partial charge in [-0.3, -0.25) is 4.79 Å². The van der Waals surface area contributed by atoms with E-state index in [2.05, 4.69) is 0 Å². The summed E-state index contributed by atoms with van der Waals surface area (Å²) in [4.78, 5) is 25.0. The van der Waals surface area contributed by atoms with E-state index in [1.807, 2.05) is 13.2 Å². The number of furan rings is 1. The molecule has 1 saturated heterocycles. The summed E-state index contributed by atoms with van der Waals surface area (Å²) < 4.78 is 5.38. The molecule has 0 saturated carbocycles. The minimum absolute atomic E-state index is 0.213. The van der Waals surface area contributed by atoms with Crippen LogP contribution in [-0.2, 0) is 4.79 Å². The zero-order valence-corrected chi connectivity index (χ0v) is 11.8. The number of carboxylic acid groups (broad SMARTS) is 1. The van der Waals surface area contributed by atoms with Crippen LogP contribution in [-0.4, -0.2) is 40.7 Å². The van der Waals surface area contributed by atoms with Crippen molar-refractivity contribution in [2.75, 3.05) is 12.8 Å². The Balaban J connectivity index is 2.18. The number of carbonyl (C=O) groups is 2. The van der Waals surface area contributed by atoms with Crippen LogP contribution < -0.4 is 0 Å². The van der Waals surface area contributed by atoms with Crippen molar-refractivity contribution in [2.45, 2.75) is 30.9 Å². The highest BCUT2D eigenvalue weighted by Crippen LogP contribution is 2.26. The third-order valence-electron chi connectivity index (χ3n) is 3.40. The Morgan fingerprint density at radius 1 is 1.47 bits per heavy atom. The molecule has 2 heterocycles. The summed E-state index contributed by atoms with van der Waals surface area (Å²) in [5, 5.41) is 9.90. The highest BCUT2D eigenvalue weighted by atomic mass is 32.2. The number of carboxylic acids is 1. The van der Waals surface area contributed by atoms with E-state index in [0.717, 1.165) is 6.42 Å². The van der Waals surface area contributed by atoms with Gasteiger partial charge in [0.15, 0.2) is 10.9 Å². The molecule has 104 valence electrons. The van der Waals surface area contributed by atoms with Gasteiger partial charge in [0.25, 0.3) is 5.91 Å². The Morgan fingerprint density at radius 3 is 2.79 bits per heavy atom. The highest BCUT2D eigenvalue weighted by molar-refractivity contribution is 7.98. The number of rotatable bonds is 3. The van der Waals surface area contributed by atoms with E-state index in [9.17, 15) is 14.7 Å². The molecule has 19 heavy (non-hydrogen) atoms. The van der Waals surface area contributed by atoms with Crippen LogP contribution in [0.15, 0.2) is 21.6 Å². The van der Waals surface area contributed by atoms with Crippen LogP contribution in [0, 0.1) is 5.92 Å². The largest absolute Gasteiger partial charge is 0.480 e. The minimum Gasteiger partial charge on any atom is -0.480 e. The van der Waals surface area contributed by atoms with E-state index in [1.165, 1.54) is 16.7 Å². The van der Waals surface area contributed by atoms with Crippen molar-refractivity contribution in [1.29, 1.82) is 0 Å². The number of thioether (sulfide) groups is 1. The van der Waals surface area contributed by atoms with Gasteiger partial charge in [0.05, 0.1) is 0 Å². The van der Waals surface area contributed by atoms with Gasteiger partial charge in [0.2, 0.25) is 0 Å². The molecular weight excluding hydrogens is 266 g/mol. The van der Waals surface area contributed by atoms with Gasteiger partial charge >= 0.3 is 5.97 Å². The van der Waals surface area contributed by atoms with Crippen LogP contribution in [0.5, 0.6) is 0 Å². The van der Waals surface area contributed by atoms with Crippen LogP contribution in [0.3, 0.4) is 0 Å². The fraction of sp³-hybridized carbons (Fsp3) is 0.538. The van der Waals surface area contributed by atoms with Crippen LogP contribution in [0.2, 0.25) is 0 Å². The molecule has 1 aliphatic rings. The first-order chi connectivity index (χ1) is 9.02. The molecule has 1 aromatic rings. The van der Waals surface area contributed by atoms with E-state index >= 15 is 0 Å². The van der Waals surface area contributed by atoms with Gasteiger partial charge in [0, 0.05) is 6.54 Å². The first-order valence-electron chi connectivity index (χ1n) is 6.20. The van der Waals surface area contributed by atoms with Gasteiger partial charge in [-0.15, -0.1) is 0 Å². The standard InChI is InChI=1S/C13H17NO4S/c1-8-5-6-14(9(7-8)13(16)17)12(15)10-3-4-11(18-10)19-2/h3-4,8-9H,5-7H2,1-2H3,(H,16,17). The average molecular weight is 283 g/mol. The van der Waals surface area contributed by atoms with E-state index in [1.54, 1.807) is 12.1 Å². The van der Waals surface area contributed by atoms with Crippen molar-refractivity contribution >= 4 is 23.6 Å². The predicted molar refractivity (Wildman–Crippen MR) is 71.3 cm³/mol. The molecule has 0 bridgehead atoms. The van der Waals surface area contributed by atoms with Gasteiger partial charge in [-0.1, -0.05) is 18.7 Å². The molecule has 0 aliphatic carbocycles. The Labute approximate surface area is 116 Å². The lowest BCUT2D eigenvalue weighted by Crippen LogP contribution is -2.49. The maximum absolute atomic E-state index is 12.3. The van der Waals surface area contributed by atoms with Gasteiger partial charge in [-0.05, 0) is 37.1 Å². The number of hydrogen-bond acceptors (Lipinski definition) is 4. The molecular formula is C13H17NO4S. The number of likely N-dealkylation sites (tertiary alicyclic amines) is 1. The van der Waals surface area contributed by atoms with Crippen molar-refractivity contribution in [2.24, 2.45) is 5.92 Å². The third kappa shape index (κ3) is 2.94. The molecule has 6 heteroatoms. The van der Waals surface area contributed by atoms with Gasteiger partial charge < -0.3 is 14.4 Å². The minimum atomic E-state index is -0.948. The molecule has 5 nitrogen and oxygen atoms in total. The second-order valence-corrected chi connectivity index (χ2v) is 5.62. The number of carbonyl (C=O) groups excluding carboxylic acids is 1. The number of nitrogens with zero attached hydrogens (tertiary/aromatic N) is 1. The van der Waals surface area contributed by atoms with Crippen molar-refractivity contribution < 1.29 is 19.1 Å². The van der Waals surface area contributed by atoms with E-state index in [4.69, 9.17) is 4.42 Å². The second-order valence-electron chi connectivity index (χ2n) is 4.80. The van der Waals surface area contributed by atoms with E-state index in [0.29, 0.717) is 24.0 Å². The Bertz CT molecular complexity index is 485. The molecule has 2 rings (SSSR count). The van der Waals surface area contributed by atoms with Crippen molar-refractivity contribution in [3.05, 3.63) is 17.9 Å². The van der Waals surface area contributed by atoms with Gasteiger partial charge in [0.1, 0.15) is 6.04 Å². The van der Waals surface area contributed by atoms with E-state index < -0.39 is 12.0 Å². The Morgan fingerprint density at radius 2 is 2.21 bits per heavy atom. The van der Waals surface area contributed by atoms with Gasteiger partial charge in [-0.2, -0.15) is 0 Å². The lowest BCUT2D eigenvalue weighted by molar-refractivity contribution is -0.144. The van der Waals surface area contributed by atoms with Gasteiger partial charge in [-0.25, -0.2) is 4.79 Å². The molecule has 1 fully saturated rings. The lowest BCUT2D eigenvalue weighted by atomic mass is 9.92. The fourth-order valence-corrected chi connectivity index (χ4v) is 2.68. The smallest absolute Gasteiger partial charge is 0.326 e. The zero-order valence-electron chi connectivity index (χ0n) is 11.0. The lowest BCUT2D eigenvalue weighted by Gasteiger charge is -2.35. The number of piperidine rings is 1. The van der Waals surface area contributed by atoms with Crippen molar-refractivity contribution in [1.82, 2.24) is 4.90 Å². The summed E-state index contributed by atoms with van der Waals surface area (Å²) >= 11 is 1.41. The summed E-state index contributed by atoms with van der Waals surface area (Å²) in [5.74, 6) is -0.746. The summed E-state index contributed by atoms with van der Waals surface area (Å²) in [6.07, 6.45) is 3.18. The Kier molecular flexibility index (Phi) is 4.19. The zero-order chi connectivity index (χ0) is 14.0. The topological polar surface area (TPSA) is 70.8 Å². The first kappa shape index (κ1) is 14.0. The third-order valence-corrected chi connectivity index (χ3v) is 4.03. The average Bonchev–Trinajstić information content (AvgIpc) is 2.86. The quantitative estimate of drug-likeness (QED) is 0.862. The predicted octanol–water partition coefficient (Wildman–Crippen LogP) is 2.33. The van der Waals surface area contributed by atoms with E-state index in [-0.39, 0.29) is 11.7 Å². The summed E-state index contributed by atoms with van der Waals surface area (Å²) in [6, 6.07) is 2.57. The molecule has 0 spiro atoms. The van der Waals surface area contributed by atoms with Crippen molar-refractivity contribution in [3.63, 3.8) is 0 Å². The molecule has 2 atom stereocenters. The Hall–Kier alpha value is -1.43. The molecule has 1 aliphatic heterocycles. The summed E-state index contributed by atoms with van der Waals surface area (Å²) in [5.41, 5.74) is 0. The maximum atomic E-state index is 12.3. The molecule has 0 radical (unpaired) electrons. The number of aliphatic carboxylic acids is 1. The second kappa shape index (κ2) is 5.69. The van der Waals surface area contributed by atoms with Crippen LogP contribution >= 0.6 is 11.8 Å². The molecule has 1 N–H and O–H groups in total. The first-order valence-corrected chi connectivity index (χ1v) is 7.43. The monoisotopic (exact) mass is 283 g/mol.